The van der Waals surface area contributed by atoms with Crippen LogP contribution in [0.2, 0.25) is 10.0 Å². The van der Waals surface area contributed by atoms with Crippen LogP contribution in [0.15, 0.2) is 30.3 Å². The van der Waals surface area contributed by atoms with Crippen molar-refractivity contribution in [2.45, 2.75) is 76.9 Å². The molecule has 2 heterocycles. The zero-order valence-corrected chi connectivity index (χ0v) is 26.9. The van der Waals surface area contributed by atoms with Crippen LogP contribution in [-0.4, -0.2) is 56.3 Å². The zero-order valence-electron chi connectivity index (χ0n) is 24.6. The van der Waals surface area contributed by atoms with Crippen LogP contribution in [0.25, 0.3) is 0 Å². The second-order valence-corrected chi connectivity index (χ2v) is 15.5. The average Bonchev–Trinajstić information content (AvgIpc) is 3.72. The van der Waals surface area contributed by atoms with E-state index in [0.29, 0.717) is 47.1 Å². The molecule has 1 spiro atoms. The zero-order chi connectivity index (χ0) is 30.4. The highest BCUT2D eigenvalue weighted by Crippen LogP contribution is 2.53. The van der Waals surface area contributed by atoms with E-state index in [1.54, 1.807) is 6.07 Å². The summed E-state index contributed by atoms with van der Waals surface area (Å²) in [5.41, 5.74) is 2.97. The van der Waals surface area contributed by atoms with Crippen LogP contribution in [-0.2, 0) is 21.6 Å². The maximum Gasteiger partial charge on any atom is 0.304 e. The molecule has 11 heteroatoms. The molecule has 4 aliphatic rings. The number of carbonyl (C=O) groups is 1. The van der Waals surface area contributed by atoms with Crippen LogP contribution in [0.3, 0.4) is 0 Å². The highest BCUT2D eigenvalue weighted by Gasteiger charge is 2.46. The van der Waals surface area contributed by atoms with Gasteiger partial charge in [0.25, 0.3) is 5.91 Å². The maximum absolute atomic E-state index is 15.1. The van der Waals surface area contributed by atoms with E-state index >= 15 is 4.39 Å². The van der Waals surface area contributed by atoms with Crippen molar-refractivity contribution in [3.05, 3.63) is 68.4 Å². The van der Waals surface area contributed by atoms with E-state index in [-0.39, 0.29) is 18.1 Å². The van der Waals surface area contributed by atoms with E-state index in [4.69, 9.17) is 27.9 Å². The molecule has 2 aromatic carbocycles. The molecule has 4 fully saturated rings. The number of hydrogen-bond donors (Lipinski definition) is 1. The summed E-state index contributed by atoms with van der Waals surface area (Å²) in [5, 5.41) is 1.36. The first kappa shape index (κ1) is 31.2. The van der Waals surface area contributed by atoms with Gasteiger partial charge in [0.15, 0.2) is 0 Å². The Morgan fingerprint density at radius 2 is 1.74 bits per heavy atom. The van der Waals surface area contributed by atoms with Crippen LogP contribution in [0.1, 0.15) is 97.3 Å². The highest BCUT2D eigenvalue weighted by molar-refractivity contribution is 7.87. The summed E-state index contributed by atoms with van der Waals surface area (Å²) in [5.74, 6) is -0.902. The number of hydrogen-bond acceptors (Lipinski definition) is 5. The topological polar surface area (TPSA) is 79.0 Å². The monoisotopic (exact) mass is 651 g/mol. The number of benzene rings is 2. The lowest BCUT2D eigenvalue weighted by Crippen LogP contribution is -2.49. The second-order valence-electron chi connectivity index (χ2n) is 12.9. The second kappa shape index (κ2) is 12.6. The van der Waals surface area contributed by atoms with Crippen LogP contribution >= 0.6 is 23.2 Å². The smallest absolute Gasteiger partial charge is 0.304 e. The van der Waals surface area contributed by atoms with Crippen molar-refractivity contribution < 1.29 is 22.3 Å². The number of ether oxygens (including phenoxy) is 1. The molecule has 0 radical (unpaired) electrons. The predicted octanol–water partition coefficient (Wildman–Crippen LogP) is 6.85. The molecule has 1 unspecified atom stereocenters. The van der Waals surface area contributed by atoms with Crippen molar-refractivity contribution in [1.82, 2.24) is 13.9 Å². The van der Waals surface area contributed by atoms with Crippen molar-refractivity contribution in [2.24, 2.45) is 11.3 Å². The minimum Gasteiger partial charge on any atom is -0.376 e. The fraction of sp³-hybridized carbons (Fsp3) is 0.594. The molecule has 7 nitrogen and oxygen atoms in total. The van der Waals surface area contributed by atoms with E-state index < -0.39 is 21.9 Å². The van der Waals surface area contributed by atoms with Gasteiger partial charge in [-0.1, -0.05) is 30.1 Å². The molecule has 0 bridgehead atoms. The Hall–Kier alpha value is -1.75. The minimum atomic E-state index is -3.94. The molecule has 2 aliphatic heterocycles. The van der Waals surface area contributed by atoms with E-state index in [9.17, 15) is 13.2 Å². The Kier molecular flexibility index (Phi) is 9.13. The van der Waals surface area contributed by atoms with Crippen LogP contribution < -0.4 is 4.72 Å². The summed E-state index contributed by atoms with van der Waals surface area (Å²) in [6.07, 6.45) is 8.33. The first-order chi connectivity index (χ1) is 20.6. The average molecular weight is 653 g/mol. The molecular formula is C32H40Cl2FN3O4S. The normalized spacial score (nSPS) is 21.8. The molecular weight excluding hydrogens is 612 g/mol. The summed E-state index contributed by atoms with van der Waals surface area (Å²) in [6.45, 7) is 5.98. The van der Waals surface area contributed by atoms with E-state index in [2.05, 4.69) is 11.8 Å². The van der Waals surface area contributed by atoms with Crippen LogP contribution in [0.4, 0.5) is 4.39 Å². The highest BCUT2D eigenvalue weighted by atomic mass is 35.5. The molecule has 2 saturated heterocycles. The molecule has 2 saturated carbocycles. The first-order valence-electron chi connectivity index (χ1n) is 15.5. The van der Waals surface area contributed by atoms with E-state index in [1.165, 1.54) is 34.8 Å². The largest absolute Gasteiger partial charge is 0.376 e. The number of carbonyl (C=O) groups excluding carboxylic acids is 1. The van der Waals surface area contributed by atoms with Gasteiger partial charge in [-0.05, 0) is 129 Å². The summed E-state index contributed by atoms with van der Waals surface area (Å²) in [7, 11) is -3.94. The standard InChI is InChI=1S/C32H40Cl2FN3O4S/c1-2-30(23-12-25(33)15-26(34)13-23)37-10-6-32(7-11-37)17-21(18-32)19-42-20-24-14-29(35)28(16-27(24)22-4-5-22)31(39)36-43(40,41)38-8-3-9-38/h12-16,21-22,30H,2-11,17-20H2,1H3,(H,36,39). The van der Waals surface area contributed by atoms with Gasteiger partial charge >= 0.3 is 10.2 Å². The van der Waals surface area contributed by atoms with E-state index in [0.717, 1.165) is 62.7 Å². The lowest BCUT2D eigenvalue weighted by molar-refractivity contribution is -0.0594. The van der Waals surface area contributed by atoms with Crippen LogP contribution in [0, 0.1) is 17.2 Å². The van der Waals surface area contributed by atoms with Gasteiger partial charge in [0.05, 0.1) is 12.2 Å². The van der Waals surface area contributed by atoms with Gasteiger partial charge < -0.3 is 4.74 Å². The number of nitrogens with zero attached hydrogens (tertiary/aromatic N) is 2. The number of nitrogens with one attached hydrogen (secondary N) is 1. The molecule has 2 aromatic rings. The number of halogens is 3. The number of rotatable bonds is 11. The lowest BCUT2D eigenvalue weighted by atomic mass is 9.57. The molecule has 1 N–H and O–H groups in total. The molecule has 2 aliphatic carbocycles. The van der Waals surface area contributed by atoms with Crippen molar-refractivity contribution >= 4 is 39.3 Å². The number of piperidine rings is 1. The molecule has 43 heavy (non-hydrogen) atoms. The van der Waals surface area contributed by atoms with Gasteiger partial charge in [-0.15, -0.1) is 0 Å². The van der Waals surface area contributed by atoms with Gasteiger partial charge in [-0.2, -0.15) is 12.7 Å². The first-order valence-corrected chi connectivity index (χ1v) is 17.7. The Morgan fingerprint density at radius 3 is 2.33 bits per heavy atom. The van der Waals surface area contributed by atoms with Crippen molar-refractivity contribution in [1.29, 1.82) is 0 Å². The minimum absolute atomic E-state index is 0.231. The third-order valence-corrected chi connectivity index (χ3v) is 11.8. The third kappa shape index (κ3) is 6.92. The van der Waals surface area contributed by atoms with Crippen molar-refractivity contribution in [3.63, 3.8) is 0 Å². The predicted molar refractivity (Wildman–Crippen MR) is 166 cm³/mol. The van der Waals surface area contributed by atoms with E-state index in [1.807, 2.05) is 16.9 Å². The summed E-state index contributed by atoms with van der Waals surface area (Å²) in [6, 6.07) is 9.04. The van der Waals surface area contributed by atoms with Gasteiger partial charge in [0, 0.05) is 35.8 Å². The number of likely N-dealkylation sites (tertiary alicyclic amines) is 1. The fourth-order valence-corrected chi connectivity index (χ4v) is 9.03. The Labute approximate surface area is 264 Å². The van der Waals surface area contributed by atoms with Gasteiger partial charge in [0.2, 0.25) is 0 Å². The fourth-order valence-electron chi connectivity index (χ4n) is 7.28. The molecule has 234 valence electrons. The van der Waals surface area contributed by atoms with Gasteiger partial charge in [0.1, 0.15) is 5.82 Å². The summed E-state index contributed by atoms with van der Waals surface area (Å²) >= 11 is 12.6. The Balaban J connectivity index is 1.00. The molecule has 1 amide bonds. The maximum atomic E-state index is 15.1. The Bertz CT molecular complexity index is 1440. The molecule has 1 atom stereocenters. The van der Waals surface area contributed by atoms with Gasteiger partial charge in [-0.25, -0.2) is 9.11 Å². The third-order valence-electron chi connectivity index (χ3n) is 9.88. The van der Waals surface area contributed by atoms with Crippen molar-refractivity contribution in [2.75, 3.05) is 32.8 Å². The quantitative estimate of drug-likeness (QED) is 0.287. The number of amides is 1. The summed E-state index contributed by atoms with van der Waals surface area (Å²) < 4.78 is 49.1. The Morgan fingerprint density at radius 1 is 1.07 bits per heavy atom. The van der Waals surface area contributed by atoms with Gasteiger partial charge in [-0.3, -0.25) is 9.69 Å². The molecule has 6 rings (SSSR count). The lowest BCUT2D eigenvalue weighted by Gasteiger charge is -2.53. The molecule has 0 aromatic heterocycles. The van der Waals surface area contributed by atoms with Crippen molar-refractivity contribution in [3.8, 4) is 0 Å². The van der Waals surface area contributed by atoms with Crippen LogP contribution in [0.5, 0.6) is 0 Å². The summed E-state index contributed by atoms with van der Waals surface area (Å²) in [4.78, 5) is 15.3. The SMILES string of the molecule is CCC(c1cc(Cl)cc(Cl)c1)N1CCC2(CC1)CC(COCc1cc(F)c(C(=O)NS(=O)(=O)N3CCC3)cc1C1CC1)C2.